The van der Waals surface area contributed by atoms with Crippen molar-refractivity contribution in [2.75, 3.05) is 46.8 Å². The van der Waals surface area contributed by atoms with Crippen LogP contribution < -0.4 is 0 Å². The molecule has 1 atom stereocenters. The molecule has 3 rings (SSSR count). The first-order valence-electron chi connectivity index (χ1n) is 10.2. The van der Waals surface area contributed by atoms with Crippen molar-refractivity contribution in [3.8, 4) is 0 Å². The summed E-state index contributed by atoms with van der Waals surface area (Å²) in [5, 5.41) is 0. The summed E-state index contributed by atoms with van der Waals surface area (Å²) in [5.74, 6) is 0.427. The van der Waals surface area contributed by atoms with Crippen LogP contribution in [-0.4, -0.2) is 73.3 Å². The molecule has 5 nitrogen and oxygen atoms in total. The molecule has 2 fully saturated rings. The smallest absolute Gasteiger partial charge is 0.229 e. The maximum atomic E-state index is 12.9. The lowest BCUT2D eigenvalue weighted by atomic mass is 9.72. The Balaban J connectivity index is 1.57. The average molecular weight is 372 g/mol. The summed E-state index contributed by atoms with van der Waals surface area (Å²) >= 11 is 0. The standard InChI is InChI=1S/C22H33N3O2/c1-18(19-7-5-4-6-8-19)21(27)24-13-11-22(12-14-24)10-9-20(26)25(17-22)16-15-23(2)3/h4-8,18H,9-17H2,1-3H3. The fraction of sp³-hybridized carbons (Fsp3) is 0.636. The zero-order chi connectivity index (χ0) is 19.4. The Kier molecular flexibility index (Phi) is 6.20. The van der Waals surface area contributed by atoms with Crippen LogP contribution in [0.5, 0.6) is 0 Å². The van der Waals surface area contributed by atoms with Gasteiger partial charge in [0.2, 0.25) is 11.8 Å². The highest BCUT2D eigenvalue weighted by molar-refractivity contribution is 5.83. The minimum Gasteiger partial charge on any atom is -0.342 e. The van der Waals surface area contributed by atoms with Crippen LogP contribution in [-0.2, 0) is 9.59 Å². The number of hydrogen-bond donors (Lipinski definition) is 0. The Hall–Kier alpha value is -1.88. The Morgan fingerprint density at radius 3 is 2.44 bits per heavy atom. The molecule has 5 heteroatoms. The van der Waals surface area contributed by atoms with Crippen LogP contribution in [0, 0.1) is 5.41 Å². The third-order valence-corrected chi connectivity index (χ3v) is 6.37. The molecule has 1 aromatic carbocycles. The Labute approximate surface area is 163 Å². The molecule has 0 aliphatic carbocycles. The SMILES string of the molecule is CC(C(=O)N1CCC2(CCC(=O)N(CCN(C)C)C2)CC1)c1ccccc1. The summed E-state index contributed by atoms with van der Waals surface area (Å²) in [6, 6.07) is 10.0. The summed E-state index contributed by atoms with van der Waals surface area (Å²) in [7, 11) is 4.09. The van der Waals surface area contributed by atoms with Gasteiger partial charge in [-0.2, -0.15) is 0 Å². The van der Waals surface area contributed by atoms with Crippen LogP contribution >= 0.6 is 0 Å². The van der Waals surface area contributed by atoms with E-state index in [0.717, 1.165) is 57.5 Å². The normalized spacial score (nSPS) is 21.0. The van der Waals surface area contributed by atoms with Crippen molar-refractivity contribution in [3.05, 3.63) is 35.9 Å². The molecule has 148 valence electrons. The molecule has 0 radical (unpaired) electrons. The number of rotatable bonds is 5. The zero-order valence-electron chi connectivity index (χ0n) is 17.0. The summed E-state index contributed by atoms with van der Waals surface area (Å²) in [4.78, 5) is 31.4. The minimum atomic E-state index is -0.0928. The van der Waals surface area contributed by atoms with Crippen LogP contribution in [0.3, 0.4) is 0 Å². The van der Waals surface area contributed by atoms with Crippen molar-refractivity contribution < 1.29 is 9.59 Å². The van der Waals surface area contributed by atoms with E-state index in [9.17, 15) is 9.59 Å². The van der Waals surface area contributed by atoms with Crippen LogP contribution in [0.25, 0.3) is 0 Å². The van der Waals surface area contributed by atoms with Gasteiger partial charge in [0.15, 0.2) is 0 Å². The molecule has 2 aliphatic heterocycles. The molecule has 1 aromatic rings. The van der Waals surface area contributed by atoms with Crippen molar-refractivity contribution in [1.29, 1.82) is 0 Å². The van der Waals surface area contributed by atoms with E-state index in [4.69, 9.17) is 0 Å². The second kappa shape index (κ2) is 8.42. The van der Waals surface area contributed by atoms with Gasteiger partial charge in [0.1, 0.15) is 0 Å². The van der Waals surface area contributed by atoms with Gasteiger partial charge in [-0.3, -0.25) is 9.59 Å². The molecule has 0 N–H and O–H groups in total. The quantitative estimate of drug-likeness (QED) is 0.799. The topological polar surface area (TPSA) is 43.9 Å². The number of carbonyl (C=O) groups excluding carboxylic acids is 2. The molecule has 2 heterocycles. The van der Waals surface area contributed by atoms with E-state index in [1.54, 1.807) is 0 Å². The Bertz CT molecular complexity index is 651. The molecule has 27 heavy (non-hydrogen) atoms. The van der Waals surface area contributed by atoms with Crippen molar-refractivity contribution in [2.24, 2.45) is 5.41 Å². The number of piperidine rings is 2. The maximum Gasteiger partial charge on any atom is 0.229 e. The van der Waals surface area contributed by atoms with Gasteiger partial charge >= 0.3 is 0 Å². The van der Waals surface area contributed by atoms with Crippen LogP contribution in [0.15, 0.2) is 30.3 Å². The minimum absolute atomic E-state index is 0.0928. The van der Waals surface area contributed by atoms with Crippen LogP contribution in [0.4, 0.5) is 0 Å². The Morgan fingerprint density at radius 2 is 1.81 bits per heavy atom. The fourth-order valence-corrected chi connectivity index (χ4v) is 4.39. The van der Waals surface area contributed by atoms with Crippen molar-refractivity contribution in [3.63, 3.8) is 0 Å². The Morgan fingerprint density at radius 1 is 1.15 bits per heavy atom. The molecule has 0 bridgehead atoms. The van der Waals surface area contributed by atoms with Gasteiger partial charge in [-0.25, -0.2) is 0 Å². The van der Waals surface area contributed by atoms with Gasteiger partial charge in [0.05, 0.1) is 5.92 Å². The number of benzene rings is 1. The van der Waals surface area contributed by atoms with Crippen LogP contribution in [0.2, 0.25) is 0 Å². The number of likely N-dealkylation sites (tertiary alicyclic amines) is 2. The molecule has 2 amide bonds. The monoisotopic (exact) mass is 371 g/mol. The summed E-state index contributed by atoms with van der Waals surface area (Å²) < 4.78 is 0. The van der Waals surface area contributed by atoms with E-state index in [0.29, 0.717) is 12.3 Å². The summed E-state index contributed by atoms with van der Waals surface area (Å²) in [6.45, 7) is 6.19. The van der Waals surface area contributed by atoms with E-state index >= 15 is 0 Å². The molecule has 0 aromatic heterocycles. The van der Waals surface area contributed by atoms with Gasteiger partial charge in [-0.15, -0.1) is 0 Å². The highest BCUT2D eigenvalue weighted by Crippen LogP contribution is 2.40. The second-order valence-electron chi connectivity index (χ2n) is 8.58. The highest BCUT2D eigenvalue weighted by atomic mass is 16.2. The first kappa shape index (κ1) is 19.9. The van der Waals surface area contributed by atoms with E-state index in [1.165, 1.54) is 0 Å². The van der Waals surface area contributed by atoms with E-state index in [2.05, 4.69) is 4.90 Å². The lowest BCUT2D eigenvalue weighted by Crippen LogP contribution is -2.53. The molecular weight excluding hydrogens is 338 g/mol. The molecule has 1 spiro atoms. The molecule has 2 saturated heterocycles. The average Bonchev–Trinajstić information content (AvgIpc) is 2.69. The van der Waals surface area contributed by atoms with E-state index in [-0.39, 0.29) is 17.2 Å². The third kappa shape index (κ3) is 4.70. The number of amides is 2. The largest absolute Gasteiger partial charge is 0.342 e. The highest BCUT2D eigenvalue weighted by Gasteiger charge is 2.42. The zero-order valence-corrected chi connectivity index (χ0v) is 17.0. The fourth-order valence-electron chi connectivity index (χ4n) is 4.39. The number of hydrogen-bond acceptors (Lipinski definition) is 3. The van der Waals surface area contributed by atoms with Crippen molar-refractivity contribution >= 4 is 11.8 Å². The number of likely N-dealkylation sites (N-methyl/N-ethyl adjacent to an activating group) is 1. The lowest BCUT2D eigenvalue weighted by molar-refractivity contribution is -0.143. The van der Waals surface area contributed by atoms with Gasteiger partial charge in [0, 0.05) is 39.1 Å². The van der Waals surface area contributed by atoms with Crippen LogP contribution in [0.1, 0.15) is 44.1 Å². The summed E-state index contributed by atoms with van der Waals surface area (Å²) in [5.41, 5.74) is 1.29. The maximum absolute atomic E-state index is 12.9. The third-order valence-electron chi connectivity index (χ3n) is 6.37. The van der Waals surface area contributed by atoms with Gasteiger partial charge in [0.25, 0.3) is 0 Å². The number of nitrogens with zero attached hydrogens (tertiary/aromatic N) is 3. The molecule has 0 saturated carbocycles. The van der Waals surface area contributed by atoms with Gasteiger partial charge in [-0.1, -0.05) is 30.3 Å². The van der Waals surface area contributed by atoms with E-state index < -0.39 is 0 Å². The van der Waals surface area contributed by atoms with Gasteiger partial charge < -0.3 is 14.7 Å². The molecular formula is C22H33N3O2. The van der Waals surface area contributed by atoms with Crippen molar-refractivity contribution in [1.82, 2.24) is 14.7 Å². The molecule has 2 aliphatic rings. The second-order valence-corrected chi connectivity index (χ2v) is 8.58. The lowest BCUT2D eigenvalue weighted by Gasteiger charge is -2.48. The predicted octanol–water partition coefficient (Wildman–Crippen LogP) is 2.58. The number of carbonyl (C=O) groups is 2. The van der Waals surface area contributed by atoms with E-state index in [1.807, 2.05) is 61.2 Å². The first-order valence-corrected chi connectivity index (χ1v) is 10.2. The van der Waals surface area contributed by atoms with Crippen molar-refractivity contribution in [2.45, 2.75) is 38.5 Å². The summed E-state index contributed by atoms with van der Waals surface area (Å²) in [6.07, 6.45) is 3.64. The predicted molar refractivity (Wildman–Crippen MR) is 107 cm³/mol. The first-order chi connectivity index (χ1) is 12.9. The van der Waals surface area contributed by atoms with Gasteiger partial charge in [-0.05, 0) is 51.3 Å². The molecule has 1 unspecified atom stereocenters.